The first-order valence-electron chi connectivity index (χ1n) is 6.29. The molecule has 23 heavy (non-hydrogen) atoms. The molecule has 126 valence electrons. The molecule has 0 aliphatic heterocycles. The van der Waals surface area contributed by atoms with E-state index in [0.717, 1.165) is 0 Å². The molecule has 0 unspecified atom stereocenters. The maximum absolute atomic E-state index is 9.56. The van der Waals surface area contributed by atoms with Gasteiger partial charge in [-0.05, 0) is 41.5 Å². The van der Waals surface area contributed by atoms with Crippen LogP contribution in [0.1, 0.15) is 41.5 Å². The van der Waals surface area contributed by atoms with E-state index in [1.807, 2.05) is 0 Å². The van der Waals surface area contributed by atoms with E-state index >= 15 is 0 Å². The Balaban J connectivity index is -0.0000000675. The molecule has 0 radical (unpaired) electrons. The van der Waals surface area contributed by atoms with Gasteiger partial charge in [0, 0.05) is 18.3 Å². The second kappa shape index (κ2) is 22.0. The summed E-state index contributed by atoms with van der Waals surface area (Å²) in [7, 11) is -6.38. The van der Waals surface area contributed by atoms with Crippen LogP contribution >= 0.6 is 0 Å². The molecule has 14 heteroatoms. The predicted molar refractivity (Wildman–Crippen MR) is 77.4 cm³/mol. The monoisotopic (exact) mass is 328 g/mol. The summed E-state index contributed by atoms with van der Waals surface area (Å²) in [6.07, 6.45) is -0.750. The summed E-state index contributed by atoms with van der Waals surface area (Å²) in [4.78, 5) is 0. The topological polar surface area (TPSA) is 166 Å². The van der Waals surface area contributed by atoms with Gasteiger partial charge < -0.3 is 44.1 Å². The molecule has 0 aromatic rings. The molecule has 0 spiro atoms. The molecule has 0 saturated heterocycles. The van der Waals surface area contributed by atoms with Crippen molar-refractivity contribution in [2.24, 2.45) is 0 Å². The van der Waals surface area contributed by atoms with Gasteiger partial charge in [-0.25, -0.2) is 0 Å². The summed E-state index contributed by atoms with van der Waals surface area (Å²) in [5.74, 6) is 0. The molecule has 0 bridgehead atoms. The van der Waals surface area contributed by atoms with Crippen molar-refractivity contribution in [2.75, 3.05) is 0 Å². The summed E-state index contributed by atoms with van der Waals surface area (Å²) in [6, 6.07) is 0. The average molecular weight is 327 g/mol. The van der Waals surface area contributed by atoms with Crippen molar-refractivity contribution in [3.05, 3.63) is 0 Å². The Morgan fingerprint density at radius 1 is 0.478 bits per heavy atom. The Bertz CT molecular complexity index is 157. The molecule has 0 rings (SSSR count). The van der Waals surface area contributed by atoms with Gasteiger partial charge in [-0.1, -0.05) is 0 Å². The van der Waals surface area contributed by atoms with Gasteiger partial charge in [0.05, 0.1) is 22.0 Å². The quantitative estimate of drug-likeness (QED) is 0.431. The van der Waals surface area contributed by atoms with Gasteiger partial charge in [0.2, 0.25) is 0 Å². The normalized spacial score (nSPS) is 9.00. The molecule has 0 heterocycles. The molecule has 0 aromatic carbocycles. The fourth-order valence-corrected chi connectivity index (χ4v) is 0.667. The van der Waals surface area contributed by atoms with Crippen molar-refractivity contribution >= 4 is 38.8 Å². The molecule has 0 saturated carbocycles. The zero-order valence-corrected chi connectivity index (χ0v) is 14.3. The first-order valence-corrected chi connectivity index (χ1v) is 6.29. The van der Waals surface area contributed by atoms with Crippen LogP contribution in [-0.4, -0.2) is 57.1 Å². The molecule has 0 N–H and O–H groups in total. The Kier molecular flexibility index (Phi) is 32.8. The summed E-state index contributed by atoms with van der Waals surface area (Å²) in [5.41, 5.74) is 0. The molecule has 9 nitrogen and oxygen atoms in total. The van der Waals surface area contributed by atoms with Crippen LogP contribution < -0.4 is 30.1 Å². The van der Waals surface area contributed by atoms with Crippen molar-refractivity contribution in [1.82, 2.24) is 0 Å². The van der Waals surface area contributed by atoms with Crippen molar-refractivity contribution in [3.8, 4) is 0 Å². The Hall–Kier alpha value is -0.0353. The minimum atomic E-state index is -2.13. The summed E-state index contributed by atoms with van der Waals surface area (Å²) in [5, 5.41) is 57.4. The molecular weight excluding hydrogens is 306 g/mol. The Morgan fingerprint density at radius 3 is 0.609 bits per heavy atom. The van der Waals surface area contributed by atoms with E-state index in [9.17, 15) is 30.1 Å². The maximum atomic E-state index is 9.56. The van der Waals surface area contributed by atoms with Gasteiger partial charge in [-0.3, -0.25) is 0 Å². The van der Waals surface area contributed by atoms with Crippen LogP contribution in [0.5, 0.6) is 0 Å². The second-order valence-electron chi connectivity index (χ2n) is 4.42. The van der Waals surface area contributed by atoms with Gasteiger partial charge in [0.1, 0.15) is 0 Å². The Morgan fingerprint density at radius 2 is 0.609 bits per heavy atom. The van der Waals surface area contributed by atoms with Gasteiger partial charge in [-0.2, -0.15) is 0 Å². The standard InChI is InChI=1S/3C3H7BO3.2B/c3*1-3(2)7-4(5)6;;/h3*3H,1-2H3;;/q3*-2;2*+3. The van der Waals surface area contributed by atoms with Gasteiger partial charge in [-0.15, -0.1) is 0 Å². The minimum Gasteiger partial charge on any atom is -0.871 e. The molecule has 0 aromatic heterocycles. The molecule has 0 amide bonds. The third-order valence-electron chi connectivity index (χ3n) is 1.15. The molecule has 0 fully saturated rings. The maximum Gasteiger partial charge on any atom is 3.00 e. The van der Waals surface area contributed by atoms with Crippen molar-refractivity contribution in [2.45, 2.75) is 59.9 Å². The van der Waals surface area contributed by atoms with Crippen LogP contribution in [0.3, 0.4) is 0 Å². The summed E-state index contributed by atoms with van der Waals surface area (Å²) in [6.45, 7) is 9.85. The minimum absolute atomic E-state index is 0. The third kappa shape index (κ3) is 61.2. The molecule has 0 aliphatic carbocycles. The van der Waals surface area contributed by atoms with E-state index < -0.39 is 22.0 Å². The van der Waals surface area contributed by atoms with E-state index in [0.29, 0.717) is 0 Å². The molecule has 0 atom stereocenters. The largest absolute Gasteiger partial charge is 3.00 e. The SMILES string of the molecule is CC(C)OB([O-])[O-].CC(C)OB([O-])[O-].CC(C)OB([O-])[O-].[B+3].[B+3]. The van der Waals surface area contributed by atoms with Crippen LogP contribution in [0.25, 0.3) is 0 Å². The van der Waals surface area contributed by atoms with Crippen LogP contribution in [0, 0.1) is 0 Å². The van der Waals surface area contributed by atoms with Crippen molar-refractivity contribution in [1.29, 1.82) is 0 Å². The summed E-state index contributed by atoms with van der Waals surface area (Å²) >= 11 is 0. The zero-order chi connectivity index (χ0) is 17.6. The fourth-order valence-electron chi connectivity index (χ4n) is 0.667. The number of hydrogen-bond acceptors (Lipinski definition) is 9. The van der Waals surface area contributed by atoms with Crippen molar-refractivity contribution in [3.63, 3.8) is 0 Å². The predicted octanol–water partition coefficient (Wildman–Crippen LogP) is -6.41. The van der Waals surface area contributed by atoms with Crippen LogP contribution in [-0.2, 0) is 14.0 Å². The van der Waals surface area contributed by atoms with Crippen molar-refractivity contribution < 1.29 is 44.1 Å². The zero-order valence-electron chi connectivity index (χ0n) is 14.3. The number of rotatable bonds is 6. The van der Waals surface area contributed by atoms with Crippen LogP contribution in [0.2, 0.25) is 0 Å². The third-order valence-corrected chi connectivity index (χ3v) is 1.15. The second-order valence-corrected chi connectivity index (χ2v) is 4.42. The van der Waals surface area contributed by atoms with E-state index in [1.54, 1.807) is 41.5 Å². The number of hydrogen-bond donors (Lipinski definition) is 0. The van der Waals surface area contributed by atoms with E-state index in [2.05, 4.69) is 14.0 Å². The van der Waals surface area contributed by atoms with Crippen LogP contribution in [0.4, 0.5) is 0 Å². The fraction of sp³-hybridized carbons (Fsp3) is 1.00. The first kappa shape index (κ1) is 34.3. The average Bonchev–Trinajstić information content (AvgIpc) is 2.10. The van der Waals surface area contributed by atoms with E-state index in [1.165, 1.54) is 0 Å². The smallest absolute Gasteiger partial charge is 0.871 e. The van der Waals surface area contributed by atoms with E-state index in [4.69, 9.17) is 0 Å². The molecule has 0 aliphatic rings. The first-order chi connectivity index (χ1) is 9.38. The Labute approximate surface area is 143 Å². The molecular formula is C9H21B5O9. The summed E-state index contributed by atoms with van der Waals surface area (Å²) < 4.78 is 12.4. The van der Waals surface area contributed by atoms with E-state index in [-0.39, 0.29) is 35.1 Å². The van der Waals surface area contributed by atoms with Gasteiger partial charge >= 0.3 is 16.8 Å². The van der Waals surface area contributed by atoms with Crippen LogP contribution in [0.15, 0.2) is 0 Å². The van der Waals surface area contributed by atoms with Gasteiger partial charge in [0.25, 0.3) is 0 Å². The van der Waals surface area contributed by atoms with Gasteiger partial charge in [0.15, 0.2) is 0 Å².